The molecule has 1 aliphatic carbocycles. The standard InChI is InChI=1S/C20H19ClN6OS2/c1-3-27(2)20(28)10-4-5-11-15(6-10)29-19-17(11)18(22-9-23-19)24-13-8-16-14(7-12(13)21)25-26-30-16/h7-10H,3-6H2,1-2H3,(H,22,23,24)/t10-/m0/s1. The van der Waals surface area contributed by atoms with Gasteiger partial charge in [0.1, 0.15) is 22.5 Å². The average molecular weight is 459 g/mol. The summed E-state index contributed by atoms with van der Waals surface area (Å²) >= 11 is 9.46. The van der Waals surface area contributed by atoms with Crippen molar-refractivity contribution in [3.63, 3.8) is 0 Å². The molecule has 30 heavy (non-hydrogen) atoms. The van der Waals surface area contributed by atoms with Gasteiger partial charge in [0.2, 0.25) is 5.91 Å². The van der Waals surface area contributed by atoms with Crippen molar-refractivity contribution in [2.24, 2.45) is 5.92 Å². The summed E-state index contributed by atoms with van der Waals surface area (Å²) in [6.45, 7) is 2.73. The lowest BCUT2D eigenvalue weighted by atomic mass is 9.87. The second-order valence-electron chi connectivity index (χ2n) is 7.40. The Morgan fingerprint density at radius 1 is 1.37 bits per heavy atom. The molecule has 0 bridgehead atoms. The predicted octanol–water partition coefficient (Wildman–Crippen LogP) is 4.68. The number of nitrogens with one attached hydrogen (secondary N) is 1. The molecule has 7 nitrogen and oxygen atoms in total. The Bertz CT molecular complexity index is 1270. The number of nitrogens with zero attached hydrogens (tertiary/aromatic N) is 5. The van der Waals surface area contributed by atoms with E-state index in [0.717, 1.165) is 57.7 Å². The average Bonchev–Trinajstić information content (AvgIpc) is 3.36. The number of benzene rings is 1. The van der Waals surface area contributed by atoms with Gasteiger partial charge in [-0.1, -0.05) is 16.1 Å². The van der Waals surface area contributed by atoms with Crippen molar-refractivity contribution in [2.75, 3.05) is 18.9 Å². The number of hydrogen-bond acceptors (Lipinski definition) is 8. The highest BCUT2D eigenvalue weighted by atomic mass is 35.5. The zero-order chi connectivity index (χ0) is 20.8. The molecule has 0 unspecified atom stereocenters. The van der Waals surface area contributed by atoms with Gasteiger partial charge in [-0.05, 0) is 55.4 Å². The number of aryl methyl sites for hydroxylation is 1. The molecule has 1 atom stereocenters. The van der Waals surface area contributed by atoms with Crippen molar-refractivity contribution in [1.29, 1.82) is 0 Å². The van der Waals surface area contributed by atoms with Gasteiger partial charge in [-0.15, -0.1) is 16.4 Å². The Morgan fingerprint density at radius 3 is 3.07 bits per heavy atom. The highest BCUT2D eigenvalue weighted by Crippen LogP contribution is 2.41. The lowest BCUT2D eigenvalue weighted by Crippen LogP contribution is -2.35. The second-order valence-corrected chi connectivity index (χ2v) is 9.67. The molecule has 3 heterocycles. The summed E-state index contributed by atoms with van der Waals surface area (Å²) < 4.78 is 4.94. The van der Waals surface area contributed by atoms with Crippen molar-refractivity contribution in [1.82, 2.24) is 24.5 Å². The molecule has 1 amide bonds. The molecule has 0 spiro atoms. The van der Waals surface area contributed by atoms with Crippen LogP contribution in [0.1, 0.15) is 23.8 Å². The maximum absolute atomic E-state index is 12.7. The van der Waals surface area contributed by atoms with Gasteiger partial charge >= 0.3 is 0 Å². The van der Waals surface area contributed by atoms with E-state index in [4.69, 9.17) is 11.6 Å². The summed E-state index contributed by atoms with van der Waals surface area (Å²) in [5.74, 6) is 1.01. The van der Waals surface area contributed by atoms with Crippen LogP contribution in [0.4, 0.5) is 11.5 Å². The van der Waals surface area contributed by atoms with Crippen LogP contribution in [0.3, 0.4) is 0 Å². The number of carbonyl (C=O) groups excluding carboxylic acids is 1. The fraction of sp³-hybridized carbons (Fsp3) is 0.350. The monoisotopic (exact) mass is 458 g/mol. The van der Waals surface area contributed by atoms with E-state index >= 15 is 0 Å². The van der Waals surface area contributed by atoms with Crippen molar-refractivity contribution in [3.8, 4) is 0 Å². The van der Waals surface area contributed by atoms with Gasteiger partial charge < -0.3 is 10.2 Å². The molecule has 0 saturated carbocycles. The minimum Gasteiger partial charge on any atom is -0.346 e. The van der Waals surface area contributed by atoms with Crippen molar-refractivity contribution < 1.29 is 4.79 Å². The van der Waals surface area contributed by atoms with Gasteiger partial charge in [-0.2, -0.15) is 0 Å². The fourth-order valence-electron chi connectivity index (χ4n) is 3.91. The number of aromatic nitrogens is 4. The largest absolute Gasteiger partial charge is 0.346 e. The van der Waals surface area contributed by atoms with E-state index < -0.39 is 0 Å². The van der Waals surface area contributed by atoms with E-state index in [0.29, 0.717) is 5.02 Å². The van der Waals surface area contributed by atoms with E-state index in [1.807, 2.05) is 31.0 Å². The Labute approximate surface area is 186 Å². The maximum atomic E-state index is 12.7. The number of amides is 1. The van der Waals surface area contributed by atoms with Crippen molar-refractivity contribution in [2.45, 2.75) is 26.2 Å². The number of fused-ring (bicyclic) bond motifs is 4. The molecule has 4 aromatic rings. The van der Waals surface area contributed by atoms with Crippen molar-refractivity contribution in [3.05, 3.63) is 33.9 Å². The number of hydrogen-bond donors (Lipinski definition) is 1. The highest BCUT2D eigenvalue weighted by molar-refractivity contribution is 7.19. The number of thiophene rings is 1. The first kappa shape index (κ1) is 19.6. The van der Waals surface area contributed by atoms with Gasteiger partial charge in [-0.3, -0.25) is 4.79 Å². The van der Waals surface area contributed by atoms with Crippen LogP contribution in [0.25, 0.3) is 20.4 Å². The molecule has 0 fully saturated rings. The molecule has 0 aliphatic heterocycles. The van der Waals surface area contributed by atoms with E-state index in [-0.39, 0.29) is 11.8 Å². The van der Waals surface area contributed by atoms with E-state index in [2.05, 4.69) is 24.9 Å². The van der Waals surface area contributed by atoms with Crippen LogP contribution in [0.2, 0.25) is 5.02 Å². The molecule has 1 aliphatic rings. The Kier molecular flexibility index (Phi) is 5.04. The van der Waals surface area contributed by atoms with Gasteiger partial charge in [0.15, 0.2) is 0 Å². The summed E-state index contributed by atoms with van der Waals surface area (Å²) in [6.07, 6.45) is 4.02. The molecule has 0 saturated heterocycles. The van der Waals surface area contributed by atoms with Crippen LogP contribution >= 0.6 is 34.5 Å². The highest BCUT2D eigenvalue weighted by Gasteiger charge is 2.30. The number of rotatable bonds is 4. The molecule has 5 rings (SSSR count). The lowest BCUT2D eigenvalue weighted by Gasteiger charge is -2.26. The van der Waals surface area contributed by atoms with Gasteiger partial charge in [-0.25, -0.2) is 9.97 Å². The summed E-state index contributed by atoms with van der Waals surface area (Å²) in [5, 5.41) is 9.06. The molecular formula is C20H19ClN6OS2. The zero-order valence-corrected chi connectivity index (χ0v) is 18.9. The first-order chi connectivity index (χ1) is 14.5. The summed E-state index contributed by atoms with van der Waals surface area (Å²) in [5.41, 5.74) is 2.80. The number of carbonyl (C=O) groups is 1. The third-order valence-corrected chi connectivity index (χ3v) is 7.80. The van der Waals surface area contributed by atoms with E-state index in [9.17, 15) is 4.79 Å². The molecule has 3 aromatic heterocycles. The first-order valence-corrected chi connectivity index (χ1v) is 11.7. The molecular weight excluding hydrogens is 440 g/mol. The first-order valence-electron chi connectivity index (χ1n) is 9.74. The summed E-state index contributed by atoms with van der Waals surface area (Å²) in [6, 6.07) is 3.76. The van der Waals surface area contributed by atoms with Crippen LogP contribution in [-0.2, 0) is 17.6 Å². The summed E-state index contributed by atoms with van der Waals surface area (Å²) in [4.78, 5) is 25.6. The molecule has 1 N–H and O–H groups in total. The van der Waals surface area contributed by atoms with Gasteiger partial charge in [0, 0.05) is 24.4 Å². The quantitative estimate of drug-likeness (QED) is 0.478. The minimum absolute atomic E-state index is 0.0376. The Balaban J connectivity index is 1.51. The van der Waals surface area contributed by atoms with Crippen LogP contribution in [-0.4, -0.2) is 44.0 Å². The maximum Gasteiger partial charge on any atom is 0.225 e. The molecule has 154 valence electrons. The lowest BCUT2D eigenvalue weighted by molar-refractivity contribution is -0.134. The van der Waals surface area contributed by atoms with Crippen LogP contribution in [0, 0.1) is 5.92 Å². The third kappa shape index (κ3) is 3.30. The summed E-state index contributed by atoms with van der Waals surface area (Å²) in [7, 11) is 1.87. The Hall–Kier alpha value is -2.36. The van der Waals surface area contributed by atoms with Gasteiger partial charge in [0.25, 0.3) is 0 Å². The van der Waals surface area contributed by atoms with Crippen LogP contribution < -0.4 is 5.32 Å². The van der Waals surface area contributed by atoms with E-state index in [1.54, 1.807) is 17.7 Å². The molecule has 0 radical (unpaired) electrons. The number of halogens is 1. The third-order valence-electron chi connectivity index (χ3n) is 5.63. The van der Waals surface area contributed by atoms with Crippen LogP contribution in [0.15, 0.2) is 18.5 Å². The minimum atomic E-state index is 0.0376. The SMILES string of the molecule is CCN(C)C(=O)[C@H]1CCc2c(sc3ncnc(Nc4cc5snnc5cc4Cl)c23)C1. The van der Waals surface area contributed by atoms with Gasteiger partial charge in [0.05, 0.1) is 20.8 Å². The smallest absolute Gasteiger partial charge is 0.225 e. The topological polar surface area (TPSA) is 83.9 Å². The molecule has 1 aromatic carbocycles. The number of anilines is 2. The van der Waals surface area contributed by atoms with Crippen LogP contribution in [0.5, 0.6) is 0 Å². The normalized spacial score (nSPS) is 16.0. The fourth-order valence-corrected chi connectivity index (χ4v) is 5.96. The zero-order valence-electron chi connectivity index (χ0n) is 16.5. The Morgan fingerprint density at radius 2 is 2.23 bits per heavy atom. The predicted molar refractivity (Wildman–Crippen MR) is 122 cm³/mol. The molecule has 10 heteroatoms. The second kappa shape index (κ2) is 7.72. The van der Waals surface area contributed by atoms with Crippen molar-refractivity contribution >= 4 is 72.3 Å². The van der Waals surface area contributed by atoms with E-state index in [1.165, 1.54) is 22.0 Å².